The van der Waals surface area contributed by atoms with Gasteiger partial charge in [0.2, 0.25) is 9.84 Å². The van der Waals surface area contributed by atoms with Crippen molar-refractivity contribution >= 4 is 21.4 Å². The molecule has 152 valence electrons. The van der Waals surface area contributed by atoms with E-state index in [4.69, 9.17) is 0 Å². The Bertz CT molecular complexity index is 1350. The van der Waals surface area contributed by atoms with Gasteiger partial charge in [-0.25, -0.2) is 17.8 Å². The first-order valence-electron chi connectivity index (χ1n) is 9.16. The topological polar surface area (TPSA) is 80.5 Å². The van der Waals surface area contributed by atoms with Crippen molar-refractivity contribution in [3.05, 3.63) is 95.7 Å². The first-order chi connectivity index (χ1) is 14.3. The van der Waals surface area contributed by atoms with E-state index < -0.39 is 15.7 Å². The Balaban J connectivity index is 1.46. The molecule has 30 heavy (non-hydrogen) atoms. The average molecular weight is 423 g/mol. The van der Waals surface area contributed by atoms with Crippen LogP contribution in [0.5, 0.6) is 0 Å². The van der Waals surface area contributed by atoms with Crippen molar-refractivity contribution in [3.8, 4) is 0 Å². The van der Waals surface area contributed by atoms with Crippen LogP contribution in [0.25, 0.3) is 5.65 Å². The van der Waals surface area contributed by atoms with Crippen LogP contribution in [0.4, 0.5) is 4.39 Å². The third-order valence-corrected chi connectivity index (χ3v) is 6.54. The fourth-order valence-corrected chi connectivity index (χ4v) is 4.39. The van der Waals surface area contributed by atoms with E-state index in [0.29, 0.717) is 5.56 Å². The minimum atomic E-state index is -3.75. The number of aryl methyl sites for hydroxylation is 1. The molecule has 0 aliphatic carbocycles. The molecule has 8 heteroatoms. The largest absolute Gasteiger partial charge is 0.348 e. The Morgan fingerprint density at radius 1 is 1.07 bits per heavy atom. The lowest BCUT2D eigenvalue weighted by Crippen LogP contribution is -2.23. The number of carbonyl (C=O) groups is 1. The molecule has 0 aliphatic rings. The molecule has 4 rings (SSSR count). The molecule has 1 N–H and O–H groups in total. The molecule has 0 saturated heterocycles. The number of sulfone groups is 1. The van der Waals surface area contributed by atoms with Gasteiger partial charge >= 0.3 is 0 Å². The van der Waals surface area contributed by atoms with Crippen LogP contribution >= 0.6 is 0 Å². The number of nitrogens with zero attached hydrogens (tertiary/aromatic N) is 2. The van der Waals surface area contributed by atoms with E-state index in [2.05, 4.69) is 10.3 Å². The summed E-state index contributed by atoms with van der Waals surface area (Å²) in [5.74, 6) is -0.698. The zero-order valence-electron chi connectivity index (χ0n) is 16.0. The van der Waals surface area contributed by atoms with E-state index in [-0.39, 0.29) is 27.8 Å². The maximum absolute atomic E-state index is 13.4. The summed E-state index contributed by atoms with van der Waals surface area (Å²) in [6, 6.07) is 13.4. The quantitative estimate of drug-likeness (QED) is 0.498. The summed E-state index contributed by atoms with van der Waals surface area (Å²) < 4.78 is 40.7. The first kappa shape index (κ1) is 19.8. The van der Waals surface area contributed by atoms with Gasteiger partial charge in [0.15, 0.2) is 0 Å². The Morgan fingerprint density at radius 3 is 2.53 bits per heavy atom. The molecule has 0 saturated carbocycles. The van der Waals surface area contributed by atoms with Crippen LogP contribution in [-0.4, -0.2) is 23.7 Å². The number of fused-ring (bicyclic) bond motifs is 1. The van der Waals surface area contributed by atoms with Gasteiger partial charge in [0, 0.05) is 25.1 Å². The van der Waals surface area contributed by atoms with E-state index >= 15 is 0 Å². The van der Waals surface area contributed by atoms with Crippen molar-refractivity contribution in [2.75, 3.05) is 0 Å². The molecular formula is C22H18FN3O3S. The van der Waals surface area contributed by atoms with Crippen LogP contribution in [0, 0.1) is 12.7 Å². The summed E-state index contributed by atoms with van der Waals surface area (Å²) in [5.41, 5.74) is 2.26. The summed E-state index contributed by atoms with van der Waals surface area (Å²) in [6.45, 7) is 1.77. The number of carbonyl (C=O) groups excluding carboxylic acids is 1. The Labute approximate surface area is 172 Å². The van der Waals surface area contributed by atoms with Gasteiger partial charge < -0.3 is 9.72 Å². The molecule has 0 spiro atoms. The number of rotatable bonds is 5. The maximum atomic E-state index is 13.4. The fourth-order valence-electron chi connectivity index (χ4n) is 3.05. The number of hydrogen-bond acceptors (Lipinski definition) is 4. The van der Waals surface area contributed by atoms with Crippen LogP contribution in [0.1, 0.15) is 21.5 Å². The Hall–Kier alpha value is -3.52. The van der Waals surface area contributed by atoms with Gasteiger partial charge in [-0.2, -0.15) is 0 Å². The van der Waals surface area contributed by atoms with Crippen molar-refractivity contribution in [1.29, 1.82) is 0 Å². The molecule has 0 bridgehead atoms. The van der Waals surface area contributed by atoms with E-state index in [9.17, 15) is 17.6 Å². The maximum Gasteiger partial charge on any atom is 0.253 e. The third-order valence-electron chi connectivity index (χ3n) is 4.78. The zero-order valence-corrected chi connectivity index (χ0v) is 16.9. The predicted octanol–water partition coefficient (Wildman–Crippen LogP) is 3.54. The highest BCUT2D eigenvalue weighted by Crippen LogP contribution is 2.23. The molecule has 0 radical (unpaired) electrons. The van der Waals surface area contributed by atoms with Gasteiger partial charge in [-0.3, -0.25) is 4.79 Å². The summed E-state index contributed by atoms with van der Waals surface area (Å²) in [7, 11) is -3.75. The molecule has 0 atom stereocenters. The third kappa shape index (κ3) is 3.81. The lowest BCUT2D eigenvalue weighted by atomic mass is 10.2. The number of amides is 1. The van der Waals surface area contributed by atoms with E-state index in [1.54, 1.807) is 47.3 Å². The van der Waals surface area contributed by atoms with Gasteiger partial charge in [-0.1, -0.05) is 12.1 Å². The van der Waals surface area contributed by atoms with Crippen molar-refractivity contribution < 1.29 is 17.6 Å². The van der Waals surface area contributed by atoms with Gasteiger partial charge in [0.25, 0.3) is 5.91 Å². The van der Waals surface area contributed by atoms with E-state index in [1.807, 2.05) is 0 Å². The zero-order chi connectivity index (χ0) is 21.3. The molecule has 2 heterocycles. The fraction of sp³-hybridized carbons (Fsp3) is 0.0909. The summed E-state index contributed by atoms with van der Waals surface area (Å²) in [6.07, 6.45) is 5.10. The number of pyridine rings is 1. The average Bonchev–Trinajstić information content (AvgIpc) is 3.22. The number of halogens is 1. The lowest BCUT2D eigenvalue weighted by molar-refractivity contribution is 0.0950. The van der Waals surface area contributed by atoms with Crippen molar-refractivity contribution in [3.63, 3.8) is 0 Å². The van der Waals surface area contributed by atoms with Gasteiger partial charge in [0.05, 0.1) is 15.4 Å². The second-order valence-electron chi connectivity index (χ2n) is 6.85. The van der Waals surface area contributed by atoms with Gasteiger partial charge in [-0.05, 0) is 60.5 Å². The molecule has 0 fully saturated rings. The molecule has 2 aromatic heterocycles. The molecule has 2 aromatic carbocycles. The van der Waals surface area contributed by atoms with E-state index in [0.717, 1.165) is 17.3 Å². The van der Waals surface area contributed by atoms with E-state index in [1.165, 1.54) is 31.2 Å². The minimum absolute atomic E-state index is 0.0392. The molecule has 6 nitrogen and oxygen atoms in total. The van der Waals surface area contributed by atoms with Gasteiger partial charge in [0.1, 0.15) is 11.5 Å². The van der Waals surface area contributed by atoms with Crippen LogP contribution in [0.2, 0.25) is 0 Å². The monoisotopic (exact) mass is 423 g/mol. The molecular weight excluding hydrogens is 405 g/mol. The second-order valence-corrected chi connectivity index (χ2v) is 8.80. The Kier molecular flexibility index (Phi) is 5.09. The highest BCUT2D eigenvalue weighted by atomic mass is 32.2. The molecule has 1 amide bonds. The highest BCUT2D eigenvalue weighted by Gasteiger charge is 2.18. The van der Waals surface area contributed by atoms with Crippen LogP contribution < -0.4 is 5.32 Å². The SMILES string of the molecule is Cc1cc(S(=O)(=O)c2ccc(CNC(=O)c3ccc4nccn4c3)cc2)ccc1F. The second kappa shape index (κ2) is 7.72. The smallest absolute Gasteiger partial charge is 0.253 e. The van der Waals surface area contributed by atoms with Crippen molar-refractivity contribution in [1.82, 2.24) is 14.7 Å². The van der Waals surface area contributed by atoms with Crippen LogP contribution in [-0.2, 0) is 16.4 Å². The molecule has 4 aromatic rings. The molecule has 0 unspecified atom stereocenters. The minimum Gasteiger partial charge on any atom is -0.348 e. The van der Waals surface area contributed by atoms with Crippen molar-refractivity contribution in [2.45, 2.75) is 23.3 Å². The number of hydrogen-bond donors (Lipinski definition) is 1. The number of benzene rings is 2. The predicted molar refractivity (Wildman–Crippen MR) is 109 cm³/mol. The van der Waals surface area contributed by atoms with Crippen LogP contribution in [0.15, 0.2) is 83.0 Å². The number of imidazole rings is 1. The summed E-state index contributed by atoms with van der Waals surface area (Å²) in [5, 5.41) is 2.81. The standard InChI is InChI=1S/C22H18FN3O3S/c1-15-12-19(7-8-20(15)23)30(28,29)18-5-2-16(3-6-18)13-25-22(27)17-4-9-21-24-10-11-26(21)14-17/h2-12,14H,13H2,1H3,(H,25,27). The molecule has 0 aliphatic heterocycles. The summed E-state index contributed by atoms with van der Waals surface area (Å²) >= 11 is 0. The lowest BCUT2D eigenvalue weighted by Gasteiger charge is -2.09. The number of nitrogens with one attached hydrogen (secondary N) is 1. The normalized spacial score (nSPS) is 11.5. The number of aromatic nitrogens is 2. The van der Waals surface area contributed by atoms with Gasteiger partial charge in [-0.15, -0.1) is 0 Å². The van der Waals surface area contributed by atoms with Crippen LogP contribution in [0.3, 0.4) is 0 Å². The Morgan fingerprint density at radius 2 is 1.80 bits per heavy atom. The summed E-state index contributed by atoms with van der Waals surface area (Å²) in [4.78, 5) is 16.7. The first-order valence-corrected chi connectivity index (χ1v) is 10.6. The van der Waals surface area contributed by atoms with Crippen molar-refractivity contribution in [2.24, 2.45) is 0 Å². The highest BCUT2D eigenvalue weighted by molar-refractivity contribution is 7.91.